The summed E-state index contributed by atoms with van der Waals surface area (Å²) in [5.41, 5.74) is 2.12. The first kappa shape index (κ1) is 23.0. The number of rotatable bonds is 7. The lowest BCUT2D eigenvalue weighted by atomic mass is 10.0. The summed E-state index contributed by atoms with van der Waals surface area (Å²) in [6.45, 7) is 6.12. The molecule has 0 saturated heterocycles. The molecule has 1 saturated carbocycles. The Kier molecular flexibility index (Phi) is 6.77. The van der Waals surface area contributed by atoms with Gasteiger partial charge < -0.3 is 9.64 Å². The summed E-state index contributed by atoms with van der Waals surface area (Å²) in [4.78, 5) is 15.1. The fourth-order valence-electron chi connectivity index (χ4n) is 4.32. The first-order valence-electron chi connectivity index (χ1n) is 11.4. The van der Waals surface area contributed by atoms with E-state index in [0.717, 1.165) is 43.5 Å². The lowest BCUT2D eigenvalue weighted by Crippen LogP contribution is -2.40. The number of carbonyl (C=O) groups is 1. The Bertz CT molecular complexity index is 1120. The van der Waals surface area contributed by atoms with Gasteiger partial charge in [-0.05, 0) is 57.9 Å². The van der Waals surface area contributed by atoms with Gasteiger partial charge in [0.1, 0.15) is 5.82 Å². The Balaban J connectivity index is 1.76. The van der Waals surface area contributed by atoms with E-state index in [1.165, 1.54) is 6.07 Å². The zero-order valence-electron chi connectivity index (χ0n) is 19.2. The summed E-state index contributed by atoms with van der Waals surface area (Å²) in [6, 6.07) is 12.6. The smallest absolute Gasteiger partial charge is 0.228 e. The summed E-state index contributed by atoms with van der Waals surface area (Å²) in [5, 5.41) is 4.65. The first-order chi connectivity index (χ1) is 15.8. The van der Waals surface area contributed by atoms with E-state index in [2.05, 4.69) is 5.10 Å². The maximum Gasteiger partial charge on any atom is 0.228 e. The van der Waals surface area contributed by atoms with Crippen LogP contribution >= 0.6 is 0 Å². The van der Waals surface area contributed by atoms with Gasteiger partial charge in [0.15, 0.2) is 11.6 Å². The molecule has 0 aliphatic heterocycles. The quantitative estimate of drug-likeness (QED) is 0.429. The van der Waals surface area contributed by atoms with Crippen LogP contribution in [-0.4, -0.2) is 26.6 Å². The van der Waals surface area contributed by atoms with Gasteiger partial charge in [0, 0.05) is 18.0 Å². The molecular formula is C26H29F2N3O2. The van der Waals surface area contributed by atoms with Gasteiger partial charge in [0.05, 0.1) is 23.5 Å². The predicted molar refractivity (Wildman–Crippen MR) is 122 cm³/mol. The molecule has 3 aromatic rings. The maximum atomic E-state index is 14.5. The van der Waals surface area contributed by atoms with Crippen molar-refractivity contribution in [3.63, 3.8) is 0 Å². The lowest BCUT2D eigenvalue weighted by Gasteiger charge is -2.29. The number of aryl methyl sites for hydroxylation is 1. The van der Waals surface area contributed by atoms with Crippen LogP contribution in [0.3, 0.4) is 0 Å². The summed E-state index contributed by atoms with van der Waals surface area (Å²) >= 11 is 0. The second-order valence-electron chi connectivity index (χ2n) is 8.83. The Morgan fingerprint density at radius 2 is 1.85 bits per heavy atom. The van der Waals surface area contributed by atoms with Crippen LogP contribution in [-0.2, 0) is 11.3 Å². The van der Waals surface area contributed by atoms with E-state index in [1.54, 1.807) is 4.68 Å². The van der Waals surface area contributed by atoms with E-state index in [9.17, 15) is 13.6 Å². The molecule has 5 nitrogen and oxygen atoms in total. The molecule has 0 radical (unpaired) electrons. The number of hydrogen-bond donors (Lipinski definition) is 0. The van der Waals surface area contributed by atoms with Gasteiger partial charge >= 0.3 is 0 Å². The molecule has 1 fully saturated rings. The van der Waals surface area contributed by atoms with Gasteiger partial charge in [0.2, 0.25) is 11.8 Å². The van der Waals surface area contributed by atoms with Crippen LogP contribution in [0.5, 0.6) is 11.6 Å². The fourth-order valence-corrected chi connectivity index (χ4v) is 4.32. The highest BCUT2D eigenvalue weighted by Gasteiger charge is 2.31. The molecule has 174 valence electrons. The molecule has 0 unspecified atom stereocenters. The Labute approximate surface area is 193 Å². The molecule has 2 aromatic carbocycles. The Hall–Kier alpha value is -3.22. The lowest BCUT2D eigenvalue weighted by molar-refractivity contribution is -0.137. The molecule has 0 N–H and O–H groups in total. The van der Waals surface area contributed by atoms with Gasteiger partial charge in [-0.3, -0.25) is 4.79 Å². The van der Waals surface area contributed by atoms with Crippen molar-refractivity contribution >= 4 is 5.91 Å². The number of carbonyl (C=O) groups excluding carboxylic acids is 1. The van der Waals surface area contributed by atoms with Crippen molar-refractivity contribution in [3.05, 3.63) is 71.4 Å². The molecule has 7 heteroatoms. The van der Waals surface area contributed by atoms with E-state index >= 15 is 0 Å². The minimum absolute atomic E-state index is 0.0204. The summed E-state index contributed by atoms with van der Waals surface area (Å²) in [5.74, 6) is -1.10. The summed E-state index contributed by atoms with van der Waals surface area (Å²) in [7, 11) is 0. The Morgan fingerprint density at radius 1 is 1.15 bits per heavy atom. The normalized spacial score (nSPS) is 14.1. The number of halogens is 2. The topological polar surface area (TPSA) is 47.4 Å². The van der Waals surface area contributed by atoms with Crippen LogP contribution in [0.1, 0.15) is 50.8 Å². The SMILES string of the molecule is Cc1nn(-c2ccccc2)c(Oc2ccc(F)cc2F)c1CN(C(=O)C1CCCC1)C(C)C. The third-order valence-corrected chi connectivity index (χ3v) is 6.18. The summed E-state index contributed by atoms with van der Waals surface area (Å²) < 4.78 is 35.5. The van der Waals surface area contributed by atoms with E-state index in [-0.39, 0.29) is 23.6 Å². The molecule has 0 bridgehead atoms. The molecule has 1 amide bonds. The maximum absolute atomic E-state index is 14.5. The molecule has 1 aliphatic rings. The number of amides is 1. The molecule has 0 atom stereocenters. The summed E-state index contributed by atoms with van der Waals surface area (Å²) in [6.07, 6.45) is 3.97. The van der Waals surface area contributed by atoms with Crippen molar-refractivity contribution < 1.29 is 18.3 Å². The molecule has 0 spiro atoms. The van der Waals surface area contributed by atoms with Gasteiger partial charge in [-0.2, -0.15) is 5.10 Å². The molecule has 1 aliphatic carbocycles. The van der Waals surface area contributed by atoms with Gasteiger partial charge in [0.25, 0.3) is 0 Å². The minimum atomic E-state index is -0.804. The van der Waals surface area contributed by atoms with Crippen LogP contribution in [0.15, 0.2) is 48.5 Å². The zero-order chi connectivity index (χ0) is 23.5. The third-order valence-electron chi connectivity index (χ3n) is 6.18. The molecule has 1 aromatic heterocycles. The minimum Gasteiger partial charge on any atom is -0.435 e. The van der Waals surface area contributed by atoms with Crippen molar-refractivity contribution in [2.75, 3.05) is 0 Å². The average Bonchev–Trinajstić information content (AvgIpc) is 3.43. The van der Waals surface area contributed by atoms with E-state index in [1.807, 2.05) is 56.0 Å². The van der Waals surface area contributed by atoms with Crippen LogP contribution in [0.2, 0.25) is 0 Å². The van der Waals surface area contributed by atoms with Crippen molar-refractivity contribution in [2.24, 2.45) is 5.92 Å². The van der Waals surface area contributed by atoms with E-state index in [0.29, 0.717) is 23.7 Å². The second-order valence-corrected chi connectivity index (χ2v) is 8.83. The molecule has 1 heterocycles. The van der Waals surface area contributed by atoms with E-state index < -0.39 is 11.6 Å². The zero-order valence-corrected chi connectivity index (χ0v) is 19.2. The van der Waals surface area contributed by atoms with Crippen molar-refractivity contribution in [1.29, 1.82) is 0 Å². The number of hydrogen-bond acceptors (Lipinski definition) is 3. The Morgan fingerprint density at radius 3 is 2.48 bits per heavy atom. The van der Waals surface area contributed by atoms with Gasteiger partial charge in [-0.15, -0.1) is 0 Å². The molecule has 4 rings (SSSR count). The van der Waals surface area contributed by atoms with Crippen molar-refractivity contribution in [3.8, 4) is 17.3 Å². The first-order valence-corrected chi connectivity index (χ1v) is 11.4. The largest absolute Gasteiger partial charge is 0.435 e. The van der Waals surface area contributed by atoms with E-state index in [4.69, 9.17) is 4.74 Å². The number of ether oxygens (including phenoxy) is 1. The van der Waals surface area contributed by atoms with Gasteiger partial charge in [-0.1, -0.05) is 31.0 Å². The number of para-hydroxylation sites is 1. The third kappa shape index (κ3) is 4.92. The highest BCUT2D eigenvalue weighted by Crippen LogP contribution is 2.34. The van der Waals surface area contributed by atoms with Crippen molar-refractivity contribution in [2.45, 2.75) is 59.0 Å². The highest BCUT2D eigenvalue weighted by molar-refractivity contribution is 5.79. The number of aromatic nitrogens is 2. The predicted octanol–water partition coefficient (Wildman–Crippen LogP) is 6.18. The number of benzene rings is 2. The van der Waals surface area contributed by atoms with Crippen LogP contribution in [0.25, 0.3) is 5.69 Å². The average molecular weight is 454 g/mol. The highest BCUT2D eigenvalue weighted by atomic mass is 19.1. The molecule has 33 heavy (non-hydrogen) atoms. The van der Waals surface area contributed by atoms with Crippen LogP contribution in [0.4, 0.5) is 8.78 Å². The van der Waals surface area contributed by atoms with Gasteiger partial charge in [-0.25, -0.2) is 13.5 Å². The van der Waals surface area contributed by atoms with Crippen LogP contribution < -0.4 is 4.74 Å². The molecular weight excluding hydrogens is 424 g/mol. The monoisotopic (exact) mass is 453 g/mol. The number of nitrogens with zero attached hydrogens (tertiary/aromatic N) is 3. The second kappa shape index (κ2) is 9.73. The standard InChI is InChI=1S/C26H29F2N3O2/c1-17(2)30(25(32)19-9-7-8-10-19)16-22-18(3)29-31(21-11-5-4-6-12-21)26(22)33-24-14-13-20(27)15-23(24)28/h4-6,11-15,17,19H,7-10,16H2,1-3H3. The fraction of sp³-hybridized carbons (Fsp3) is 0.385. The van der Waals surface area contributed by atoms with Crippen LogP contribution in [0, 0.1) is 24.5 Å². The van der Waals surface area contributed by atoms with Crippen molar-refractivity contribution in [1.82, 2.24) is 14.7 Å².